The van der Waals surface area contributed by atoms with E-state index in [9.17, 15) is 19.4 Å². The van der Waals surface area contributed by atoms with Crippen molar-refractivity contribution in [2.75, 3.05) is 40.9 Å². The molecule has 3 atom stereocenters. The van der Waals surface area contributed by atoms with Crippen molar-refractivity contribution >= 4 is 13.7 Å². The van der Waals surface area contributed by atoms with Crippen LogP contribution in [0, 0.1) is 0 Å². The Bertz CT molecular complexity index is 1030. The Kier molecular flexibility index (Phi) is 30.5. The molecule has 3 N–H and O–H groups in total. The van der Waals surface area contributed by atoms with Crippen LogP contribution in [0.2, 0.25) is 0 Å². The third kappa shape index (κ3) is 34.2. The lowest BCUT2D eigenvalue weighted by atomic mass is 10.1. The highest BCUT2D eigenvalue weighted by molar-refractivity contribution is 7.47. The number of quaternary nitrogens is 1. The van der Waals surface area contributed by atoms with E-state index in [1.165, 1.54) is 25.7 Å². The van der Waals surface area contributed by atoms with Crippen LogP contribution in [0.15, 0.2) is 72.9 Å². The SMILES string of the molecule is CC/C=C\C/C=C\C/C=C\CCCCCC(=O)NC(COP(=O)(O)OCC[N+](C)(C)C)C(O)/C=C/CC/C=C/CC/C=C/CCCCCC. The summed E-state index contributed by atoms with van der Waals surface area (Å²) in [4.78, 5) is 22.9. The highest BCUT2D eigenvalue weighted by Crippen LogP contribution is 2.43. The molecule has 0 bridgehead atoms. The van der Waals surface area contributed by atoms with E-state index in [4.69, 9.17) is 9.05 Å². The van der Waals surface area contributed by atoms with Crippen LogP contribution in [0.3, 0.4) is 0 Å². The number of nitrogens with one attached hydrogen (secondary N) is 1. The molecule has 0 aromatic carbocycles. The lowest BCUT2D eigenvalue weighted by Gasteiger charge is -2.25. The van der Waals surface area contributed by atoms with Gasteiger partial charge in [0.1, 0.15) is 13.2 Å². The summed E-state index contributed by atoms with van der Waals surface area (Å²) < 4.78 is 23.4. The molecule has 0 saturated carbocycles. The van der Waals surface area contributed by atoms with Gasteiger partial charge in [0.25, 0.3) is 0 Å². The van der Waals surface area contributed by atoms with Gasteiger partial charge < -0.3 is 19.8 Å². The first-order valence-electron chi connectivity index (χ1n) is 18.8. The van der Waals surface area contributed by atoms with Gasteiger partial charge in [0.05, 0.1) is 39.9 Å². The molecular weight excluding hydrogens is 635 g/mol. The van der Waals surface area contributed by atoms with E-state index in [-0.39, 0.29) is 19.1 Å². The maximum Gasteiger partial charge on any atom is 0.472 e. The van der Waals surface area contributed by atoms with Crippen molar-refractivity contribution in [3.63, 3.8) is 0 Å². The number of carbonyl (C=O) groups is 1. The van der Waals surface area contributed by atoms with E-state index < -0.39 is 20.0 Å². The van der Waals surface area contributed by atoms with Crippen LogP contribution in [0.25, 0.3) is 0 Å². The number of phosphoric ester groups is 1. The number of amides is 1. The summed E-state index contributed by atoms with van der Waals surface area (Å²) in [5.74, 6) is -0.226. The van der Waals surface area contributed by atoms with Gasteiger partial charge in [-0.25, -0.2) is 4.57 Å². The molecule has 8 nitrogen and oxygen atoms in total. The molecule has 0 fully saturated rings. The average molecular weight is 708 g/mol. The number of hydrogen-bond acceptors (Lipinski definition) is 5. The number of unbranched alkanes of at least 4 members (excludes halogenated alkanes) is 9. The highest BCUT2D eigenvalue weighted by atomic mass is 31.2. The molecule has 0 saturated heterocycles. The molecule has 0 aromatic heterocycles. The molecule has 0 rings (SSSR count). The van der Waals surface area contributed by atoms with Crippen molar-refractivity contribution in [1.29, 1.82) is 0 Å². The summed E-state index contributed by atoms with van der Waals surface area (Å²) in [6.45, 7) is 4.58. The topological polar surface area (TPSA) is 105 Å². The number of nitrogens with zero attached hydrogens (tertiary/aromatic N) is 1. The smallest absolute Gasteiger partial charge is 0.387 e. The first-order chi connectivity index (χ1) is 23.5. The molecular formula is C40H72N2O6P+. The van der Waals surface area contributed by atoms with Crippen molar-refractivity contribution < 1.29 is 32.9 Å². The maximum atomic E-state index is 12.8. The minimum Gasteiger partial charge on any atom is -0.387 e. The second kappa shape index (κ2) is 31.9. The summed E-state index contributed by atoms with van der Waals surface area (Å²) in [5.41, 5.74) is 0. The number of aliphatic hydroxyl groups is 1. The number of carbonyl (C=O) groups excluding carboxylic acids is 1. The lowest BCUT2D eigenvalue weighted by molar-refractivity contribution is -0.870. The van der Waals surface area contributed by atoms with Gasteiger partial charge in [-0.2, -0.15) is 0 Å². The van der Waals surface area contributed by atoms with Crippen LogP contribution in [0.1, 0.15) is 123 Å². The van der Waals surface area contributed by atoms with E-state index in [1.54, 1.807) is 6.08 Å². The summed E-state index contributed by atoms with van der Waals surface area (Å²) in [7, 11) is 1.51. The summed E-state index contributed by atoms with van der Waals surface area (Å²) >= 11 is 0. The molecule has 49 heavy (non-hydrogen) atoms. The number of phosphoric acid groups is 1. The summed E-state index contributed by atoms with van der Waals surface area (Å²) in [5, 5.41) is 13.7. The van der Waals surface area contributed by atoms with Crippen LogP contribution in [-0.2, 0) is 18.4 Å². The fourth-order valence-corrected chi connectivity index (χ4v) is 5.35. The Labute approximate surface area is 300 Å². The molecule has 0 heterocycles. The summed E-state index contributed by atoms with van der Waals surface area (Å²) in [6.07, 6.45) is 41.1. The van der Waals surface area contributed by atoms with Crippen molar-refractivity contribution in [2.24, 2.45) is 0 Å². The molecule has 3 unspecified atom stereocenters. The molecule has 0 aromatic rings. The molecule has 0 radical (unpaired) electrons. The molecule has 0 aliphatic heterocycles. The third-order valence-corrected chi connectivity index (χ3v) is 8.62. The molecule has 0 spiro atoms. The number of allylic oxidation sites excluding steroid dienone is 11. The molecule has 0 aliphatic carbocycles. The number of likely N-dealkylation sites (N-methyl/N-ethyl adjacent to an activating group) is 1. The van der Waals surface area contributed by atoms with Gasteiger partial charge in [-0.3, -0.25) is 13.8 Å². The Hall–Kier alpha value is -2.06. The monoisotopic (exact) mass is 708 g/mol. The summed E-state index contributed by atoms with van der Waals surface area (Å²) in [6, 6.07) is -0.885. The zero-order valence-electron chi connectivity index (χ0n) is 31.6. The number of hydrogen-bond donors (Lipinski definition) is 3. The van der Waals surface area contributed by atoms with E-state index in [0.717, 1.165) is 77.0 Å². The van der Waals surface area contributed by atoms with Gasteiger partial charge in [-0.15, -0.1) is 0 Å². The Morgan fingerprint density at radius 2 is 1.24 bits per heavy atom. The van der Waals surface area contributed by atoms with E-state index in [2.05, 4.69) is 79.9 Å². The number of rotatable bonds is 32. The Morgan fingerprint density at radius 1 is 0.714 bits per heavy atom. The van der Waals surface area contributed by atoms with E-state index >= 15 is 0 Å². The average Bonchev–Trinajstić information content (AvgIpc) is 3.04. The Balaban J connectivity index is 4.71. The largest absolute Gasteiger partial charge is 0.472 e. The lowest BCUT2D eigenvalue weighted by Crippen LogP contribution is -2.45. The first kappa shape index (κ1) is 46.9. The third-order valence-electron chi connectivity index (χ3n) is 7.64. The number of aliphatic hydroxyl groups excluding tert-OH is 1. The standard InChI is InChI=1S/C40H71N2O6P/c1-6-8-10-12-14-16-18-20-22-23-25-27-29-31-33-39(43)38(37-48-49(45,46)47-36-35-42(3,4)5)41-40(44)34-32-30-28-26-24-21-19-17-15-13-11-9-7-2/h9,11,15-18,21,23-25,31,33,38-39,43H,6-8,10,12-14,19-20,22,26-30,32,34-37H2,1-5H3,(H-,41,44,45,46)/p+1/b11-9-,17-15-,18-16+,24-21-,25-23+,33-31+. The molecule has 9 heteroatoms. The van der Waals surface area contributed by atoms with Crippen LogP contribution in [-0.4, -0.2) is 73.4 Å². The van der Waals surface area contributed by atoms with Crippen molar-refractivity contribution in [3.05, 3.63) is 72.9 Å². The van der Waals surface area contributed by atoms with Gasteiger partial charge >= 0.3 is 7.82 Å². The van der Waals surface area contributed by atoms with Crippen molar-refractivity contribution in [2.45, 2.75) is 135 Å². The highest BCUT2D eigenvalue weighted by Gasteiger charge is 2.27. The van der Waals surface area contributed by atoms with Gasteiger partial charge in [0, 0.05) is 6.42 Å². The zero-order valence-corrected chi connectivity index (χ0v) is 32.5. The van der Waals surface area contributed by atoms with Crippen LogP contribution in [0.4, 0.5) is 0 Å². The van der Waals surface area contributed by atoms with Gasteiger partial charge in [0.15, 0.2) is 0 Å². The van der Waals surface area contributed by atoms with Crippen LogP contribution in [0.5, 0.6) is 0 Å². The van der Waals surface area contributed by atoms with Gasteiger partial charge in [-0.05, 0) is 77.0 Å². The van der Waals surface area contributed by atoms with E-state index in [0.29, 0.717) is 17.4 Å². The second-order valence-electron chi connectivity index (χ2n) is 13.5. The fraction of sp³-hybridized carbons (Fsp3) is 0.675. The molecule has 0 aliphatic rings. The maximum absolute atomic E-state index is 12.8. The van der Waals surface area contributed by atoms with E-state index in [1.807, 2.05) is 27.2 Å². The fourth-order valence-electron chi connectivity index (χ4n) is 4.61. The van der Waals surface area contributed by atoms with Crippen LogP contribution < -0.4 is 5.32 Å². The predicted molar refractivity (Wildman–Crippen MR) is 207 cm³/mol. The molecule has 1 amide bonds. The normalized spacial score (nSPS) is 15.5. The van der Waals surface area contributed by atoms with Gasteiger partial charge in [-0.1, -0.05) is 112 Å². The second-order valence-corrected chi connectivity index (χ2v) is 15.0. The van der Waals surface area contributed by atoms with Gasteiger partial charge in [0.2, 0.25) is 5.91 Å². The zero-order chi connectivity index (χ0) is 36.5. The van der Waals surface area contributed by atoms with Crippen LogP contribution >= 0.6 is 7.82 Å². The van der Waals surface area contributed by atoms with Crippen molar-refractivity contribution in [1.82, 2.24) is 5.32 Å². The molecule has 282 valence electrons. The minimum absolute atomic E-state index is 0.0438. The Morgan fingerprint density at radius 3 is 1.84 bits per heavy atom. The minimum atomic E-state index is -4.35. The first-order valence-corrected chi connectivity index (χ1v) is 20.3. The quantitative estimate of drug-likeness (QED) is 0.0278. The van der Waals surface area contributed by atoms with Crippen molar-refractivity contribution in [3.8, 4) is 0 Å². The predicted octanol–water partition coefficient (Wildman–Crippen LogP) is 9.68.